The molecule has 0 radical (unpaired) electrons. The van der Waals surface area contributed by atoms with Crippen molar-refractivity contribution in [2.24, 2.45) is 5.73 Å². The van der Waals surface area contributed by atoms with Gasteiger partial charge in [0.25, 0.3) is 0 Å². The first-order valence-corrected chi connectivity index (χ1v) is 4.35. The Hall–Kier alpha value is -0.830. The van der Waals surface area contributed by atoms with Gasteiger partial charge in [-0.1, -0.05) is 0 Å². The summed E-state index contributed by atoms with van der Waals surface area (Å²) in [5, 5.41) is 0. The molecule has 1 aliphatic rings. The molecule has 0 aromatic carbocycles. The van der Waals surface area contributed by atoms with E-state index >= 15 is 0 Å². The van der Waals surface area contributed by atoms with Crippen LogP contribution in [-0.2, 0) is 5.54 Å². The number of oxazole rings is 1. The third-order valence-corrected chi connectivity index (χ3v) is 2.70. The summed E-state index contributed by atoms with van der Waals surface area (Å²) in [6.45, 7) is 3.87. The normalized spacial score (nSPS) is 20.6. The Labute approximate surface area is 72.0 Å². The van der Waals surface area contributed by atoms with Gasteiger partial charge in [-0.15, -0.1) is 0 Å². The highest BCUT2D eigenvalue weighted by Gasteiger charge is 2.39. The van der Waals surface area contributed by atoms with Crippen molar-refractivity contribution in [3.8, 4) is 0 Å². The average Bonchev–Trinajstić information content (AvgIpc) is 2.28. The maximum absolute atomic E-state index is 6.05. The summed E-state index contributed by atoms with van der Waals surface area (Å²) in [7, 11) is 0. The molecule has 2 rings (SSSR count). The van der Waals surface area contributed by atoms with Crippen molar-refractivity contribution in [3.63, 3.8) is 0 Å². The average molecular weight is 166 g/mol. The molecule has 66 valence electrons. The molecule has 0 saturated heterocycles. The van der Waals surface area contributed by atoms with Gasteiger partial charge in [-0.25, -0.2) is 4.98 Å². The Balaban J connectivity index is 2.34. The molecule has 0 amide bonds. The van der Waals surface area contributed by atoms with Crippen molar-refractivity contribution < 1.29 is 4.42 Å². The van der Waals surface area contributed by atoms with E-state index < -0.39 is 0 Å². The molecule has 0 unspecified atom stereocenters. The summed E-state index contributed by atoms with van der Waals surface area (Å²) in [6.07, 6.45) is 3.20. The molecule has 3 heteroatoms. The Morgan fingerprint density at radius 3 is 2.42 bits per heavy atom. The molecule has 0 aliphatic heterocycles. The highest BCUT2D eigenvalue weighted by Crippen LogP contribution is 2.38. The predicted octanol–water partition coefficient (Wildman–Crippen LogP) is 1.63. The number of nitrogens with zero attached hydrogens (tertiary/aromatic N) is 1. The number of rotatable bonds is 1. The van der Waals surface area contributed by atoms with Crippen molar-refractivity contribution in [1.29, 1.82) is 0 Å². The minimum absolute atomic E-state index is 0.251. The van der Waals surface area contributed by atoms with Crippen LogP contribution in [0.2, 0.25) is 0 Å². The van der Waals surface area contributed by atoms with E-state index in [1.54, 1.807) is 0 Å². The summed E-state index contributed by atoms with van der Waals surface area (Å²) in [5.41, 5.74) is 6.76. The van der Waals surface area contributed by atoms with Crippen LogP contribution < -0.4 is 5.73 Å². The van der Waals surface area contributed by atoms with Gasteiger partial charge in [-0.05, 0) is 33.1 Å². The first kappa shape index (κ1) is 7.80. The van der Waals surface area contributed by atoms with Gasteiger partial charge in [0.05, 0.1) is 11.2 Å². The molecular formula is C9H14N2O. The second kappa shape index (κ2) is 2.33. The lowest BCUT2D eigenvalue weighted by Gasteiger charge is -2.34. The largest absolute Gasteiger partial charge is 0.444 e. The second-order valence-electron chi connectivity index (χ2n) is 3.67. The molecule has 1 aromatic heterocycles. The van der Waals surface area contributed by atoms with E-state index in [1.807, 2.05) is 13.8 Å². The van der Waals surface area contributed by atoms with E-state index in [2.05, 4.69) is 4.98 Å². The molecular weight excluding hydrogens is 152 g/mol. The van der Waals surface area contributed by atoms with Gasteiger partial charge in [0, 0.05) is 0 Å². The Bertz CT molecular complexity index is 280. The number of hydrogen-bond donors (Lipinski definition) is 1. The van der Waals surface area contributed by atoms with Crippen LogP contribution in [0.4, 0.5) is 0 Å². The van der Waals surface area contributed by atoms with Crippen LogP contribution in [0.1, 0.15) is 36.6 Å². The Morgan fingerprint density at radius 2 is 2.08 bits per heavy atom. The molecule has 0 atom stereocenters. The number of aromatic nitrogens is 1. The maximum atomic E-state index is 6.05. The number of aryl methyl sites for hydroxylation is 2. The van der Waals surface area contributed by atoms with Crippen LogP contribution in [-0.4, -0.2) is 4.98 Å². The van der Waals surface area contributed by atoms with Crippen molar-refractivity contribution >= 4 is 0 Å². The summed E-state index contributed by atoms with van der Waals surface area (Å²) in [6, 6.07) is 0. The minimum Gasteiger partial charge on any atom is -0.444 e. The minimum atomic E-state index is -0.251. The van der Waals surface area contributed by atoms with Gasteiger partial charge in [0.2, 0.25) is 5.89 Å². The molecule has 0 bridgehead atoms. The van der Waals surface area contributed by atoms with Gasteiger partial charge in [0.15, 0.2) is 0 Å². The monoisotopic (exact) mass is 166 g/mol. The third-order valence-electron chi connectivity index (χ3n) is 2.70. The summed E-state index contributed by atoms with van der Waals surface area (Å²) >= 11 is 0. The Morgan fingerprint density at radius 1 is 1.42 bits per heavy atom. The molecule has 0 spiro atoms. The lowest BCUT2D eigenvalue weighted by Crippen LogP contribution is -2.43. The molecule has 1 aromatic rings. The quantitative estimate of drug-likeness (QED) is 0.689. The van der Waals surface area contributed by atoms with Crippen LogP contribution in [0, 0.1) is 13.8 Å². The smallest absolute Gasteiger partial charge is 0.214 e. The standard InChI is InChI=1S/C9H14N2O/c1-6-7(2)12-8(11-6)9(10)4-3-5-9/h3-5,10H2,1-2H3. The first-order valence-electron chi connectivity index (χ1n) is 4.35. The van der Waals surface area contributed by atoms with Gasteiger partial charge < -0.3 is 10.2 Å². The van der Waals surface area contributed by atoms with Crippen LogP contribution in [0.25, 0.3) is 0 Å². The molecule has 1 fully saturated rings. The summed E-state index contributed by atoms with van der Waals surface area (Å²) in [4.78, 5) is 4.31. The molecule has 3 nitrogen and oxygen atoms in total. The van der Waals surface area contributed by atoms with Gasteiger partial charge >= 0.3 is 0 Å². The fraction of sp³-hybridized carbons (Fsp3) is 0.667. The van der Waals surface area contributed by atoms with Crippen molar-refractivity contribution in [2.45, 2.75) is 38.6 Å². The molecule has 2 N–H and O–H groups in total. The van der Waals surface area contributed by atoms with Crippen LogP contribution in [0.3, 0.4) is 0 Å². The fourth-order valence-corrected chi connectivity index (χ4v) is 1.46. The van der Waals surface area contributed by atoms with E-state index in [-0.39, 0.29) is 5.54 Å². The van der Waals surface area contributed by atoms with Crippen LogP contribution >= 0.6 is 0 Å². The van der Waals surface area contributed by atoms with E-state index in [1.165, 1.54) is 6.42 Å². The predicted molar refractivity (Wildman–Crippen MR) is 45.7 cm³/mol. The second-order valence-corrected chi connectivity index (χ2v) is 3.67. The molecule has 1 saturated carbocycles. The van der Waals surface area contributed by atoms with E-state index in [0.717, 1.165) is 30.2 Å². The lowest BCUT2D eigenvalue weighted by molar-refractivity contribution is 0.196. The van der Waals surface area contributed by atoms with Crippen molar-refractivity contribution in [2.75, 3.05) is 0 Å². The maximum Gasteiger partial charge on any atom is 0.214 e. The van der Waals surface area contributed by atoms with Crippen molar-refractivity contribution in [1.82, 2.24) is 4.98 Å². The van der Waals surface area contributed by atoms with Gasteiger partial charge in [0.1, 0.15) is 5.76 Å². The summed E-state index contributed by atoms with van der Waals surface area (Å²) in [5.74, 6) is 1.62. The molecule has 12 heavy (non-hydrogen) atoms. The fourth-order valence-electron chi connectivity index (χ4n) is 1.46. The van der Waals surface area contributed by atoms with Crippen LogP contribution in [0.15, 0.2) is 4.42 Å². The van der Waals surface area contributed by atoms with Crippen LogP contribution in [0.5, 0.6) is 0 Å². The molecule has 1 heterocycles. The topological polar surface area (TPSA) is 52.0 Å². The van der Waals surface area contributed by atoms with Gasteiger partial charge in [-0.2, -0.15) is 0 Å². The SMILES string of the molecule is Cc1nc(C2(N)CCC2)oc1C. The van der Waals surface area contributed by atoms with E-state index in [4.69, 9.17) is 10.2 Å². The van der Waals surface area contributed by atoms with E-state index in [9.17, 15) is 0 Å². The Kier molecular flexibility index (Phi) is 1.51. The number of nitrogens with two attached hydrogens (primary N) is 1. The lowest BCUT2D eigenvalue weighted by atomic mass is 9.78. The van der Waals surface area contributed by atoms with E-state index in [0.29, 0.717) is 0 Å². The highest BCUT2D eigenvalue weighted by atomic mass is 16.4. The van der Waals surface area contributed by atoms with Crippen molar-refractivity contribution in [3.05, 3.63) is 17.3 Å². The number of hydrogen-bond acceptors (Lipinski definition) is 3. The zero-order valence-corrected chi connectivity index (χ0v) is 7.55. The molecule has 1 aliphatic carbocycles. The zero-order chi connectivity index (χ0) is 8.77. The zero-order valence-electron chi connectivity index (χ0n) is 7.55. The third kappa shape index (κ3) is 0.966. The summed E-state index contributed by atoms with van der Waals surface area (Å²) < 4.78 is 5.49. The first-order chi connectivity index (χ1) is 5.62. The highest BCUT2D eigenvalue weighted by molar-refractivity contribution is 5.13. The van der Waals surface area contributed by atoms with Gasteiger partial charge in [-0.3, -0.25) is 0 Å².